The number of anilines is 3. The summed E-state index contributed by atoms with van der Waals surface area (Å²) >= 11 is 0. The van der Waals surface area contributed by atoms with Crippen LogP contribution in [0.4, 0.5) is 30.4 Å². The lowest BCUT2D eigenvalue weighted by Gasteiger charge is -2.10. The summed E-state index contributed by atoms with van der Waals surface area (Å²) in [7, 11) is 0. The van der Waals surface area contributed by atoms with Crippen LogP contribution in [0.15, 0.2) is 42.6 Å². The zero-order valence-corrected chi connectivity index (χ0v) is 12.4. The van der Waals surface area contributed by atoms with Crippen LogP contribution in [0.5, 0.6) is 0 Å². The molecule has 2 rings (SSSR count). The molecule has 0 aliphatic carbocycles. The van der Waals surface area contributed by atoms with Gasteiger partial charge in [-0.2, -0.15) is 13.2 Å². The van der Waals surface area contributed by atoms with E-state index in [0.29, 0.717) is 17.9 Å². The first-order chi connectivity index (χ1) is 10.9. The van der Waals surface area contributed by atoms with E-state index in [9.17, 15) is 18.0 Å². The number of halogens is 3. The van der Waals surface area contributed by atoms with Crippen LogP contribution in [-0.2, 0) is 11.0 Å². The Hall–Kier alpha value is -2.57. The van der Waals surface area contributed by atoms with Gasteiger partial charge in [-0.3, -0.25) is 4.79 Å². The molecule has 0 spiro atoms. The molecule has 0 fully saturated rings. The summed E-state index contributed by atoms with van der Waals surface area (Å²) in [5.74, 6) is 0.283. The lowest BCUT2D eigenvalue weighted by molar-refractivity contribution is -0.137. The predicted octanol–water partition coefficient (Wildman–Crippen LogP) is 4.58. The normalized spacial score (nSPS) is 11.1. The zero-order valence-electron chi connectivity index (χ0n) is 12.4. The van der Waals surface area contributed by atoms with E-state index < -0.39 is 11.7 Å². The minimum absolute atomic E-state index is 0.104. The van der Waals surface area contributed by atoms with Gasteiger partial charge in [-0.05, 0) is 36.8 Å². The second kappa shape index (κ2) is 7.13. The fourth-order valence-corrected chi connectivity index (χ4v) is 1.91. The first kappa shape index (κ1) is 16.8. The molecule has 0 aliphatic rings. The molecule has 0 saturated heterocycles. The Kier molecular flexibility index (Phi) is 5.20. The van der Waals surface area contributed by atoms with Crippen molar-refractivity contribution >= 4 is 23.1 Å². The molecule has 2 N–H and O–H groups in total. The lowest BCUT2D eigenvalue weighted by atomic mass is 10.2. The van der Waals surface area contributed by atoms with Crippen molar-refractivity contribution in [3.05, 3.63) is 48.2 Å². The summed E-state index contributed by atoms with van der Waals surface area (Å²) in [6.07, 6.45) is -1.78. The fraction of sp³-hybridized carbons (Fsp3) is 0.250. The van der Waals surface area contributed by atoms with Crippen molar-refractivity contribution in [3.8, 4) is 0 Å². The van der Waals surface area contributed by atoms with E-state index in [1.165, 1.54) is 18.3 Å². The number of alkyl halides is 3. The molecule has 0 aliphatic heterocycles. The molecule has 0 unspecified atom stereocenters. The quantitative estimate of drug-likeness (QED) is 0.846. The third-order valence-electron chi connectivity index (χ3n) is 2.99. The Balaban J connectivity index is 2.05. The highest BCUT2D eigenvalue weighted by atomic mass is 19.4. The van der Waals surface area contributed by atoms with Crippen LogP contribution < -0.4 is 10.6 Å². The molecule has 7 heteroatoms. The van der Waals surface area contributed by atoms with Crippen molar-refractivity contribution in [2.75, 3.05) is 10.6 Å². The van der Waals surface area contributed by atoms with Gasteiger partial charge in [0.15, 0.2) is 0 Å². The molecule has 0 bridgehead atoms. The van der Waals surface area contributed by atoms with Crippen molar-refractivity contribution < 1.29 is 18.0 Å². The van der Waals surface area contributed by atoms with Gasteiger partial charge in [0.25, 0.3) is 0 Å². The summed E-state index contributed by atoms with van der Waals surface area (Å²) < 4.78 is 38.0. The summed E-state index contributed by atoms with van der Waals surface area (Å²) in [5, 5.41) is 5.48. The molecule has 1 amide bonds. The van der Waals surface area contributed by atoms with Crippen molar-refractivity contribution in [2.45, 2.75) is 25.9 Å². The van der Waals surface area contributed by atoms with E-state index in [-0.39, 0.29) is 11.6 Å². The summed E-state index contributed by atoms with van der Waals surface area (Å²) in [6, 6.07) is 8.08. The number of aromatic nitrogens is 1. The van der Waals surface area contributed by atoms with Gasteiger partial charge in [-0.25, -0.2) is 4.98 Å². The average Bonchev–Trinajstić information content (AvgIpc) is 2.49. The highest BCUT2D eigenvalue weighted by Gasteiger charge is 2.30. The summed E-state index contributed by atoms with van der Waals surface area (Å²) in [5.41, 5.74) is 0.0964. The van der Waals surface area contributed by atoms with E-state index in [1.54, 1.807) is 12.1 Å². The molecule has 1 aromatic carbocycles. The Morgan fingerprint density at radius 2 is 1.96 bits per heavy atom. The maximum absolute atomic E-state index is 12.7. The van der Waals surface area contributed by atoms with Crippen LogP contribution in [-0.4, -0.2) is 10.9 Å². The van der Waals surface area contributed by atoms with Crippen molar-refractivity contribution in [2.24, 2.45) is 0 Å². The van der Waals surface area contributed by atoms with Crippen LogP contribution in [0.2, 0.25) is 0 Å². The third kappa shape index (κ3) is 4.98. The Morgan fingerprint density at radius 3 is 2.57 bits per heavy atom. The minimum atomic E-state index is -4.39. The lowest BCUT2D eigenvalue weighted by Crippen LogP contribution is -2.10. The monoisotopic (exact) mass is 323 g/mol. The second-order valence-electron chi connectivity index (χ2n) is 4.93. The van der Waals surface area contributed by atoms with Crippen LogP contribution in [0.25, 0.3) is 0 Å². The van der Waals surface area contributed by atoms with Crippen molar-refractivity contribution in [1.29, 1.82) is 0 Å². The zero-order chi connectivity index (χ0) is 16.9. The van der Waals surface area contributed by atoms with Crippen molar-refractivity contribution in [3.63, 3.8) is 0 Å². The van der Waals surface area contributed by atoms with E-state index in [1.807, 2.05) is 6.92 Å². The molecule has 1 aromatic heterocycles. The van der Waals surface area contributed by atoms with Gasteiger partial charge in [0, 0.05) is 12.1 Å². The molecule has 4 nitrogen and oxygen atoms in total. The number of carbonyl (C=O) groups excluding carboxylic acids is 1. The Bertz CT molecular complexity index is 669. The topological polar surface area (TPSA) is 54.0 Å². The van der Waals surface area contributed by atoms with Crippen LogP contribution >= 0.6 is 0 Å². The Labute approximate surface area is 131 Å². The SMILES string of the molecule is CCCC(=O)Nc1ccc(Nc2cccc(C(F)(F)F)c2)nc1. The second-order valence-corrected chi connectivity index (χ2v) is 4.93. The van der Waals surface area contributed by atoms with Gasteiger partial charge < -0.3 is 10.6 Å². The number of nitrogens with one attached hydrogen (secondary N) is 2. The first-order valence-corrected chi connectivity index (χ1v) is 7.08. The highest BCUT2D eigenvalue weighted by molar-refractivity contribution is 5.90. The molecule has 23 heavy (non-hydrogen) atoms. The van der Waals surface area contributed by atoms with Crippen LogP contribution in [0, 0.1) is 0 Å². The molecule has 0 saturated carbocycles. The summed E-state index contributed by atoms with van der Waals surface area (Å²) in [4.78, 5) is 15.5. The maximum Gasteiger partial charge on any atom is 0.416 e. The van der Waals surface area contributed by atoms with E-state index in [4.69, 9.17) is 0 Å². The number of rotatable bonds is 5. The number of carbonyl (C=O) groups is 1. The van der Waals surface area contributed by atoms with E-state index >= 15 is 0 Å². The highest BCUT2D eigenvalue weighted by Crippen LogP contribution is 2.31. The number of nitrogens with zero attached hydrogens (tertiary/aromatic N) is 1. The molecule has 2 aromatic rings. The average molecular weight is 323 g/mol. The standard InChI is InChI=1S/C16H16F3N3O/c1-2-4-15(23)22-13-7-8-14(20-10-13)21-12-6-3-5-11(9-12)16(17,18)19/h3,5-10H,2,4H2,1H3,(H,20,21)(H,22,23). The summed E-state index contributed by atoms with van der Waals surface area (Å²) in [6.45, 7) is 1.90. The first-order valence-electron chi connectivity index (χ1n) is 7.08. The molecular formula is C16H16F3N3O. The molecule has 1 heterocycles. The van der Waals surface area contributed by atoms with Gasteiger partial charge in [0.05, 0.1) is 17.4 Å². The third-order valence-corrected chi connectivity index (χ3v) is 2.99. The van der Waals surface area contributed by atoms with Gasteiger partial charge in [-0.15, -0.1) is 0 Å². The van der Waals surface area contributed by atoms with Crippen molar-refractivity contribution in [1.82, 2.24) is 4.98 Å². The smallest absolute Gasteiger partial charge is 0.340 e. The van der Waals surface area contributed by atoms with Gasteiger partial charge in [0.2, 0.25) is 5.91 Å². The van der Waals surface area contributed by atoms with E-state index in [0.717, 1.165) is 18.6 Å². The molecule has 122 valence electrons. The minimum Gasteiger partial charge on any atom is -0.340 e. The predicted molar refractivity (Wildman–Crippen MR) is 82.5 cm³/mol. The maximum atomic E-state index is 12.7. The molecule has 0 atom stereocenters. The van der Waals surface area contributed by atoms with E-state index in [2.05, 4.69) is 15.6 Å². The molecule has 0 radical (unpaired) electrons. The van der Waals surface area contributed by atoms with Gasteiger partial charge >= 0.3 is 6.18 Å². The molecular weight excluding hydrogens is 307 g/mol. The number of hydrogen-bond donors (Lipinski definition) is 2. The Morgan fingerprint density at radius 1 is 1.17 bits per heavy atom. The van der Waals surface area contributed by atoms with Crippen LogP contribution in [0.1, 0.15) is 25.3 Å². The van der Waals surface area contributed by atoms with Gasteiger partial charge in [0.1, 0.15) is 5.82 Å². The van der Waals surface area contributed by atoms with Crippen LogP contribution in [0.3, 0.4) is 0 Å². The van der Waals surface area contributed by atoms with Gasteiger partial charge in [-0.1, -0.05) is 13.0 Å². The number of pyridine rings is 1. The number of benzene rings is 1. The number of amides is 1. The largest absolute Gasteiger partial charge is 0.416 e. The number of hydrogen-bond acceptors (Lipinski definition) is 3. The fourth-order valence-electron chi connectivity index (χ4n) is 1.91.